The molecule has 0 aliphatic carbocycles. The molecule has 0 aliphatic heterocycles. The summed E-state index contributed by atoms with van der Waals surface area (Å²) in [5.74, 6) is 0. The molecule has 30 heavy (non-hydrogen) atoms. The van der Waals surface area contributed by atoms with Gasteiger partial charge in [-0.15, -0.1) is 0 Å². The van der Waals surface area contributed by atoms with Crippen LogP contribution in [0.15, 0.2) is 109 Å². The standard InChI is InChI=1S/C30H18/c1-2-7-21-16-29-22(15-20(21)6-1)9-10-23-17-28-24(18-30(23)29)12-14-26-25-8-4-3-5-19(25)11-13-27(26)28/h1-18H. The van der Waals surface area contributed by atoms with Gasteiger partial charge in [0, 0.05) is 0 Å². The molecule has 0 radical (unpaired) electrons. The molecular weight excluding hydrogens is 360 g/mol. The third-order valence-electron chi connectivity index (χ3n) is 6.56. The largest absolute Gasteiger partial charge is 0.0616 e. The lowest BCUT2D eigenvalue weighted by Crippen LogP contribution is -1.84. The lowest BCUT2D eigenvalue weighted by molar-refractivity contribution is 1.78. The zero-order valence-corrected chi connectivity index (χ0v) is 16.4. The SMILES string of the molecule is c1ccc2cc3c(ccc4cc5c(ccc6c7ccccc7ccc56)cc43)cc2c1. The molecule has 7 rings (SSSR count). The first-order valence-electron chi connectivity index (χ1n) is 10.4. The fraction of sp³-hybridized carbons (Fsp3) is 0. The molecule has 0 N–H and O–H groups in total. The molecule has 0 bridgehead atoms. The van der Waals surface area contributed by atoms with Crippen LogP contribution < -0.4 is 0 Å². The molecule has 0 nitrogen and oxygen atoms in total. The van der Waals surface area contributed by atoms with Crippen LogP contribution >= 0.6 is 0 Å². The van der Waals surface area contributed by atoms with Gasteiger partial charge >= 0.3 is 0 Å². The second-order valence-corrected chi connectivity index (χ2v) is 8.23. The number of hydrogen-bond donors (Lipinski definition) is 0. The molecular formula is C30H18. The van der Waals surface area contributed by atoms with Crippen LogP contribution in [0.2, 0.25) is 0 Å². The Hall–Kier alpha value is -3.90. The van der Waals surface area contributed by atoms with Crippen LogP contribution in [0.3, 0.4) is 0 Å². The van der Waals surface area contributed by atoms with Crippen LogP contribution in [0.4, 0.5) is 0 Å². The molecule has 0 aliphatic rings. The maximum absolute atomic E-state index is 2.37. The van der Waals surface area contributed by atoms with E-state index in [-0.39, 0.29) is 0 Å². The Morgan fingerprint density at radius 2 is 0.667 bits per heavy atom. The Kier molecular flexibility index (Phi) is 3.09. The van der Waals surface area contributed by atoms with E-state index in [1.165, 1.54) is 64.6 Å². The van der Waals surface area contributed by atoms with Gasteiger partial charge in [-0.3, -0.25) is 0 Å². The number of fused-ring (bicyclic) bond motifs is 9. The predicted octanol–water partition coefficient (Wildman–Crippen LogP) is 8.61. The zero-order valence-electron chi connectivity index (χ0n) is 16.4. The van der Waals surface area contributed by atoms with Crippen LogP contribution in [0, 0.1) is 0 Å². The molecule has 7 aromatic carbocycles. The van der Waals surface area contributed by atoms with Gasteiger partial charge in [0.15, 0.2) is 0 Å². The molecule has 0 saturated heterocycles. The van der Waals surface area contributed by atoms with Crippen LogP contribution in [0.1, 0.15) is 0 Å². The minimum absolute atomic E-state index is 1.29. The number of hydrogen-bond acceptors (Lipinski definition) is 0. The molecule has 0 amide bonds. The minimum atomic E-state index is 1.29. The molecule has 0 heteroatoms. The fourth-order valence-corrected chi connectivity index (χ4v) is 5.07. The summed E-state index contributed by atoms with van der Waals surface area (Å²) >= 11 is 0. The average Bonchev–Trinajstić information content (AvgIpc) is 2.81. The summed E-state index contributed by atoms with van der Waals surface area (Å²) in [5.41, 5.74) is 0. The van der Waals surface area contributed by atoms with E-state index in [9.17, 15) is 0 Å². The Morgan fingerprint density at radius 3 is 1.40 bits per heavy atom. The summed E-state index contributed by atoms with van der Waals surface area (Å²) in [7, 11) is 0. The summed E-state index contributed by atoms with van der Waals surface area (Å²) in [4.78, 5) is 0. The van der Waals surface area contributed by atoms with Crippen molar-refractivity contribution in [3.8, 4) is 0 Å². The quantitative estimate of drug-likeness (QED) is 0.183. The molecule has 7 aromatic rings. The van der Waals surface area contributed by atoms with Crippen molar-refractivity contribution in [2.45, 2.75) is 0 Å². The van der Waals surface area contributed by atoms with E-state index in [4.69, 9.17) is 0 Å². The van der Waals surface area contributed by atoms with Gasteiger partial charge in [-0.2, -0.15) is 0 Å². The Morgan fingerprint density at radius 1 is 0.233 bits per heavy atom. The molecule has 0 atom stereocenters. The number of benzene rings is 7. The van der Waals surface area contributed by atoms with Gasteiger partial charge in [0.25, 0.3) is 0 Å². The summed E-state index contributed by atoms with van der Waals surface area (Å²) in [5, 5.41) is 15.7. The van der Waals surface area contributed by atoms with E-state index < -0.39 is 0 Å². The monoisotopic (exact) mass is 378 g/mol. The minimum Gasteiger partial charge on any atom is -0.0616 e. The van der Waals surface area contributed by atoms with Crippen molar-refractivity contribution in [1.82, 2.24) is 0 Å². The maximum atomic E-state index is 2.37. The van der Waals surface area contributed by atoms with Gasteiger partial charge in [-0.05, 0) is 88.9 Å². The van der Waals surface area contributed by atoms with E-state index >= 15 is 0 Å². The smallest absolute Gasteiger partial charge is 0.00987 e. The summed E-state index contributed by atoms with van der Waals surface area (Å²) < 4.78 is 0. The highest BCUT2D eigenvalue weighted by Crippen LogP contribution is 2.36. The van der Waals surface area contributed by atoms with Crippen molar-refractivity contribution < 1.29 is 0 Å². The second-order valence-electron chi connectivity index (χ2n) is 8.23. The van der Waals surface area contributed by atoms with Gasteiger partial charge in [0.2, 0.25) is 0 Å². The van der Waals surface area contributed by atoms with Crippen molar-refractivity contribution in [1.29, 1.82) is 0 Å². The van der Waals surface area contributed by atoms with Crippen LogP contribution in [0.5, 0.6) is 0 Å². The third kappa shape index (κ3) is 2.16. The van der Waals surface area contributed by atoms with Gasteiger partial charge < -0.3 is 0 Å². The third-order valence-corrected chi connectivity index (χ3v) is 6.56. The van der Waals surface area contributed by atoms with Crippen molar-refractivity contribution in [3.63, 3.8) is 0 Å². The first-order chi connectivity index (χ1) is 14.8. The Bertz CT molecular complexity index is 1760. The summed E-state index contributed by atoms with van der Waals surface area (Å²) in [6.45, 7) is 0. The Balaban J connectivity index is 1.62. The second kappa shape index (κ2) is 5.81. The lowest BCUT2D eigenvalue weighted by Gasteiger charge is -2.11. The maximum Gasteiger partial charge on any atom is -0.00987 e. The van der Waals surface area contributed by atoms with Crippen LogP contribution in [0.25, 0.3) is 64.6 Å². The highest BCUT2D eigenvalue weighted by molar-refractivity contribution is 6.22. The summed E-state index contributed by atoms with van der Waals surface area (Å²) in [6.07, 6.45) is 0. The summed E-state index contributed by atoms with van der Waals surface area (Å²) in [6, 6.07) is 40.3. The van der Waals surface area contributed by atoms with Gasteiger partial charge in [-0.25, -0.2) is 0 Å². The molecule has 138 valence electrons. The van der Waals surface area contributed by atoms with E-state index in [0.717, 1.165) is 0 Å². The van der Waals surface area contributed by atoms with Gasteiger partial charge in [0.05, 0.1) is 0 Å². The van der Waals surface area contributed by atoms with E-state index in [0.29, 0.717) is 0 Å². The molecule has 0 heterocycles. The van der Waals surface area contributed by atoms with E-state index in [1.807, 2.05) is 0 Å². The highest BCUT2D eigenvalue weighted by atomic mass is 14.1. The van der Waals surface area contributed by atoms with Crippen LogP contribution in [-0.2, 0) is 0 Å². The van der Waals surface area contributed by atoms with Crippen molar-refractivity contribution >= 4 is 64.6 Å². The topological polar surface area (TPSA) is 0 Å². The van der Waals surface area contributed by atoms with Gasteiger partial charge in [-0.1, -0.05) is 84.9 Å². The first kappa shape index (κ1) is 16.0. The van der Waals surface area contributed by atoms with E-state index in [2.05, 4.69) is 109 Å². The fourth-order valence-electron chi connectivity index (χ4n) is 5.07. The lowest BCUT2D eigenvalue weighted by atomic mass is 9.93. The molecule has 0 saturated carbocycles. The van der Waals surface area contributed by atoms with Crippen molar-refractivity contribution in [2.24, 2.45) is 0 Å². The van der Waals surface area contributed by atoms with E-state index in [1.54, 1.807) is 0 Å². The van der Waals surface area contributed by atoms with Crippen molar-refractivity contribution in [3.05, 3.63) is 109 Å². The normalized spacial score (nSPS) is 12.0. The van der Waals surface area contributed by atoms with Crippen LogP contribution in [-0.4, -0.2) is 0 Å². The zero-order chi connectivity index (χ0) is 19.7. The predicted molar refractivity (Wildman–Crippen MR) is 131 cm³/mol. The molecule has 0 aromatic heterocycles. The highest BCUT2D eigenvalue weighted by Gasteiger charge is 2.08. The van der Waals surface area contributed by atoms with Crippen molar-refractivity contribution in [2.75, 3.05) is 0 Å². The molecule has 0 spiro atoms. The number of rotatable bonds is 0. The Labute approximate surface area is 174 Å². The first-order valence-corrected chi connectivity index (χ1v) is 10.4. The average molecular weight is 378 g/mol. The molecule has 0 fully saturated rings. The molecule has 0 unspecified atom stereocenters. The van der Waals surface area contributed by atoms with Gasteiger partial charge in [0.1, 0.15) is 0 Å².